The maximum absolute atomic E-state index is 11.1. The van der Waals surface area contributed by atoms with E-state index in [0.29, 0.717) is 6.42 Å². The van der Waals surface area contributed by atoms with E-state index in [2.05, 4.69) is 0 Å². The molecule has 1 aromatic rings. The Morgan fingerprint density at radius 3 is 2.35 bits per heavy atom. The summed E-state index contributed by atoms with van der Waals surface area (Å²) in [5.41, 5.74) is 0.901. The first-order valence-corrected chi connectivity index (χ1v) is 5.61. The van der Waals surface area contributed by atoms with Crippen LogP contribution in [0.25, 0.3) is 0 Å². The van der Waals surface area contributed by atoms with E-state index >= 15 is 0 Å². The molecule has 0 spiro atoms. The van der Waals surface area contributed by atoms with Gasteiger partial charge in [0.15, 0.2) is 6.10 Å². The average Bonchev–Trinajstić information content (AvgIpc) is 2.29. The summed E-state index contributed by atoms with van der Waals surface area (Å²) in [5, 5.41) is 18.4. The Bertz CT molecular complexity index is 348. The molecule has 0 aromatic heterocycles. The summed E-state index contributed by atoms with van der Waals surface area (Å²) in [6.45, 7) is 3.23. The summed E-state index contributed by atoms with van der Waals surface area (Å²) in [5.74, 6) is -1.01. The number of carboxylic acids is 1. The van der Waals surface area contributed by atoms with E-state index in [9.17, 15) is 9.90 Å². The van der Waals surface area contributed by atoms with Crippen LogP contribution in [-0.2, 0) is 16.0 Å². The normalized spacial score (nSPS) is 16.2. The molecule has 0 aliphatic heterocycles. The highest BCUT2D eigenvalue weighted by atomic mass is 16.5. The highest BCUT2D eigenvalue weighted by Crippen LogP contribution is 2.10. The monoisotopic (exact) mass is 238 g/mol. The maximum atomic E-state index is 11.1. The fraction of sp³-hybridized carbons (Fsp3) is 0.462. The number of aliphatic hydroxyl groups excluding tert-OH is 1. The van der Waals surface area contributed by atoms with Gasteiger partial charge in [-0.25, -0.2) is 4.79 Å². The van der Waals surface area contributed by atoms with Crippen molar-refractivity contribution in [2.45, 2.75) is 38.6 Å². The summed E-state index contributed by atoms with van der Waals surface area (Å²) in [6, 6.07) is 9.29. The SMILES string of the molecule is CC(O)C(C)OC(Cc1ccccc1)C(=O)O. The number of carbonyl (C=O) groups is 1. The van der Waals surface area contributed by atoms with Gasteiger partial charge in [0.2, 0.25) is 0 Å². The molecule has 1 aromatic carbocycles. The molecular weight excluding hydrogens is 220 g/mol. The van der Waals surface area contributed by atoms with E-state index in [1.54, 1.807) is 13.8 Å². The van der Waals surface area contributed by atoms with Crippen LogP contribution in [0.4, 0.5) is 0 Å². The predicted octanol–water partition coefficient (Wildman–Crippen LogP) is 1.47. The number of hydrogen-bond acceptors (Lipinski definition) is 3. The topological polar surface area (TPSA) is 66.8 Å². The second kappa shape index (κ2) is 6.37. The lowest BCUT2D eigenvalue weighted by Crippen LogP contribution is -2.34. The van der Waals surface area contributed by atoms with E-state index in [4.69, 9.17) is 9.84 Å². The molecule has 0 bridgehead atoms. The summed E-state index contributed by atoms with van der Waals surface area (Å²) in [6.07, 6.45) is -1.82. The molecule has 94 valence electrons. The second-order valence-corrected chi connectivity index (χ2v) is 4.10. The summed E-state index contributed by atoms with van der Waals surface area (Å²) in [7, 11) is 0. The predicted molar refractivity (Wildman–Crippen MR) is 63.8 cm³/mol. The van der Waals surface area contributed by atoms with E-state index in [-0.39, 0.29) is 0 Å². The van der Waals surface area contributed by atoms with Crippen molar-refractivity contribution in [3.63, 3.8) is 0 Å². The van der Waals surface area contributed by atoms with Crippen molar-refractivity contribution < 1.29 is 19.7 Å². The molecule has 0 radical (unpaired) electrons. The Balaban J connectivity index is 2.64. The molecule has 4 nitrogen and oxygen atoms in total. The number of aliphatic hydroxyl groups is 1. The number of rotatable bonds is 6. The van der Waals surface area contributed by atoms with Crippen LogP contribution in [0.3, 0.4) is 0 Å². The van der Waals surface area contributed by atoms with Crippen LogP contribution in [-0.4, -0.2) is 34.5 Å². The van der Waals surface area contributed by atoms with Gasteiger partial charge in [-0.3, -0.25) is 0 Å². The van der Waals surface area contributed by atoms with Gasteiger partial charge in [0.1, 0.15) is 0 Å². The smallest absolute Gasteiger partial charge is 0.333 e. The van der Waals surface area contributed by atoms with Gasteiger partial charge in [-0.15, -0.1) is 0 Å². The Hall–Kier alpha value is -1.39. The van der Waals surface area contributed by atoms with Crippen LogP contribution in [0.5, 0.6) is 0 Å². The molecule has 3 atom stereocenters. The van der Waals surface area contributed by atoms with Gasteiger partial charge >= 0.3 is 5.97 Å². The van der Waals surface area contributed by atoms with Crippen molar-refractivity contribution in [1.29, 1.82) is 0 Å². The zero-order valence-electron chi connectivity index (χ0n) is 10.0. The van der Waals surface area contributed by atoms with E-state index in [1.807, 2.05) is 30.3 Å². The van der Waals surface area contributed by atoms with E-state index < -0.39 is 24.3 Å². The third kappa shape index (κ3) is 4.54. The average molecular weight is 238 g/mol. The minimum atomic E-state index is -1.01. The zero-order valence-corrected chi connectivity index (χ0v) is 10.0. The van der Waals surface area contributed by atoms with Gasteiger partial charge < -0.3 is 14.9 Å². The number of carboxylic acid groups (broad SMARTS) is 1. The largest absolute Gasteiger partial charge is 0.479 e. The molecule has 0 aliphatic carbocycles. The molecule has 4 heteroatoms. The maximum Gasteiger partial charge on any atom is 0.333 e. The van der Waals surface area contributed by atoms with Gasteiger partial charge in [0, 0.05) is 6.42 Å². The van der Waals surface area contributed by atoms with Crippen LogP contribution >= 0.6 is 0 Å². The molecule has 0 heterocycles. The molecule has 3 unspecified atom stereocenters. The summed E-state index contributed by atoms with van der Waals surface area (Å²) < 4.78 is 5.33. The van der Waals surface area contributed by atoms with Crippen molar-refractivity contribution in [3.05, 3.63) is 35.9 Å². The van der Waals surface area contributed by atoms with Crippen LogP contribution in [0, 0.1) is 0 Å². The zero-order chi connectivity index (χ0) is 12.8. The first kappa shape index (κ1) is 13.7. The fourth-order valence-electron chi connectivity index (χ4n) is 1.39. The molecular formula is C13H18O4. The van der Waals surface area contributed by atoms with Gasteiger partial charge in [-0.05, 0) is 19.4 Å². The highest BCUT2D eigenvalue weighted by Gasteiger charge is 2.23. The Morgan fingerprint density at radius 2 is 1.88 bits per heavy atom. The lowest BCUT2D eigenvalue weighted by atomic mass is 10.1. The Morgan fingerprint density at radius 1 is 1.29 bits per heavy atom. The number of hydrogen-bond donors (Lipinski definition) is 2. The first-order valence-electron chi connectivity index (χ1n) is 5.61. The van der Waals surface area contributed by atoms with Crippen molar-refractivity contribution in [2.75, 3.05) is 0 Å². The van der Waals surface area contributed by atoms with Crippen LogP contribution in [0.1, 0.15) is 19.4 Å². The first-order chi connectivity index (χ1) is 8.00. The van der Waals surface area contributed by atoms with Crippen LogP contribution < -0.4 is 0 Å². The van der Waals surface area contributed by atoms with Crippen molar-refractivity contribution >= 4 is 5.97 Å². The molecule has 17 heavy (non-hydrogen) atoms. The standard InChI is InChI=1S/C13H18O4/c1-9(14)10(2)17-12(13(15)16)8-11-6-4-3-5-7-11/h3-7,9-10,12,14H,8H2,1-2H3,(H,15,16). The van der Waals surface area contributed by atoms with Crippen molar-refractivity contribution in [3.8, 4) is 0 Å². The van der Waals surface area contributed by atoms with E-state index in [1.165, 1.54) is 0 Å². The van der Waals surface area contributed by atoms with E-state index in [0.717, 1.165) is 5.56 Å². The quantitative estimate of drug-likeness (QED) is 0.787. The van der Waals surface area contributed by atoms with Gasteiger partial charge in [0.25, 0.3) is 0 Å². The van der Waals surface area contributed by atoms with Crippen molar-refractivity contribution in [2.24, 2.45) is 0 Å². The lowest BCUT2D eigenvalue weighted by molar-refractivity contribution is -0.157. The number of ether oxygens (including phenoxy) is 1. The fourth-order valence-corrected chi connectivity index (χ4v) is 1.39. The van der Waals surface area contributed by atoms with Crippen molar-refractivity contribution in [1.82, 2.24) is 0 Å². The molecule has 0 saturated heterocycles. The summed E-state index contributed by atoms with van der Waals surface area (Å²) >= 11 is 0. The number of aliphatic carboxylic acids is 1. The lowest BCUT2D eigenvalue weighted by Gasteiger charge is -2.21. The van der Waals surface area contributed by atoms with Gasteiger partial charge in [0.05, 0.1) is 12.2 Å². The Kier molecular flexibility index (Phi) is 5.12. The van der Waals surface area contributed by atoms with Crippen LogP contribution in [0.2, 0.25) is 0 Å². The molecule has 0 aliphatic rings. The van der Waals surface area contributed by atoms with Gasteiger partial charge in [-0.1, -0.05) is 30.3 Å². The third-order valence-corrected chi connectivity index (χ3v) is 2.60. The van der Waals surface area contributed by atoms with Crippen LogP contribution in [0.15, 0.2) is 30.3 Å². The minimum Gasteiger partial charge on any atom is -0.479 e. The highest BCUT2D eigenvalue weighted by molar-refractivity contribution is 5.72. The molecule has 0 amide bonds. The summed E-state index contributed by atoms with van der Waals surface area (Å²) in [4.78, 5) is 11.1. The molecule has 0 saturated carbocycles. The molecule has 0 fully saturated rings. The molecule has 1 rings (SSSR count). The Labute approximate surface area is 101 Å². The minimum absolute atomic E-state index is 0.299. The second-order valence-electron chi connectivity index (χ2n) is 4.10. The molecule has 2 N–H and O–H groups in total. The third-order valence-electron chi connectivity index (χ3n) is 2.60. The number of benzene rings is 1. The van der Waals surface area contributed by atoms with Gasteiger partial charge in [-0.2, -0.15) is 0 Å².